The van der Waals surface area contributed by atoms with Crippen molar-refractivity contribution >= 4 is 17.9 Å². The maximum Gasteiger partial charge on any atom is 0.306 e. The molecule has 2 atom stereocenters. The zero-order chi connectivity index (χ0) is 69.0. The molecule has 9 nitrogen and oxygen atoms in total. The van der Waals surface area contributed by atoms with Crippen molar-refractivity contribution in [2.45, 2.75) is 360 Å². The quantitative estimate of drug-likeness (QED) is 0.0195. The Hall–Kier alpha value is -4.31. The Morgan fingerprint density at radius 1 is 0.316 bits per heavy atom. The van der Waals surface area contributed by atoms with E-state index in [-0.39, 0.29) is 38.6 Å². The fourth-order valence-corrected chi connectivity index (χ4v) is 11.2. The van der Waals surface area contributed by atoms with Gasteiger partial charge in [0.1, 0.15) is 13.2 Å². The van der Waals surface area contributed by atoms with E-state index >= 15 is 0 Å². The molecule has 546 valence electrons. The molecule has 0 heterocycles. The van der Waals surface area contributed by atoms with Crippen molar-refractivity contribution in [3.05, 3.63) is 122 Å². The second-order valence-electron chi connectivity index (χ2n) is 27.6. The zero-order valence-electron chi connectivity index (χ0n) is 62.5. The molecule has 0 bridgehead atoms. The molecule has 9 heteroatoms. The van der Waals surface area contributed by atoms with Crippen LogP contribution in [0.15, 0.2) is 122 Å². The molecular formula is C86H149NO8. The molecule has 0 amide bonds. The SMILES string of the molecule is CC/C=C\C/C=C\C/C=C\C/C=C\C/C=C\CCCCCCCCCCCCCCCCCCCCCCCCCC(=O)OC(COC(=O)CCCCCCCCCCCCCCCCC/C=C\C/C=C\C/C=C\C/C=C\C/C=C\CC)COC(OCC[N+](C)(C)C)C(=O)[O-]. The standard InChI is InChI=1S/C86H149NO8/c1-6-8-10-12-14-16-18-20-22-24-26-28-30-32-34-36-38-39-40-41-42-43-44-45-47-49-51-53-55-57-59-61-63-65-67-69-71-73-75-77-84(89)95-82(81-94-86(85(90)91)92-79-78-87(3,4)5)80-93-83(88)76-74-72-70-68-66-64-62-60-58-56-54-52-50-48-46-37-35-33-31-29-27-25-23-21-19-17-15-13-11-9-7-2/h8-11,14-17,20-23,26-29,32-35,82,86H,6-7,12-13,18-19,24-25,30-31,36-81H2,1-5H3/b10-8-,11-9-,16-14-,17-15-,22-20-,23-21-,28-26-,29-27-,34-32-,35-33-. The number of carboxylic acid groups (broad SMARTS) is 1. The second kappa shape index (κ2) is 75.5. The monoisotopic (exact) mass is 1320 g/mol. The Balaban J connectivity index is 4.00. The summed E-state index contributed by atoms with van der Waals surface area (Å²) in [4.78, 5) is 37.6. The molecule has 0 radical (unpaired) electrons. The summed E-state index contributed by atoms with van der Waals surface area (Å²) >= 11 is 0. The van der Waals surface area contributed by atoms with Gasteiger partial charge in [0.25, 0.3) is 0 Å². The molecule has 0 fully saturated rings. The van der Waals surface area contributed by atoms with Crippen molar-refractivity contribution in [1.29, 1.82) is 0 Å². The van der Waals surface area contributed by atoms with Gasteiger partial charge in [-0.1, -0.05) is 354 Å². The minimum Gasteiger partial charge on any atom is -0.545 e. The smallest absolute Gasteiger partial charge is 0.306 e. The number of quaternary nitrogens is 1. The van der Waals surface area contributed by atoms with Crippen molar-refractivity contribution in [3.8, 4) is 0 Å². The fraction of sp³-hybridized carbons (Fsp3) is 0.733. The maximum absolute atomic E-state index is 13.0. The van der Waals surface area contributed by atoms with Crippen LogP contribution in [-0.4, -0.2) is 82.3 Å². The summed E-state index contributed by atoms with van der Waals surface area (Å²) < 4.78 is 22.9. The number of rotatable bonds is 73. The third-order valence-corrected chi connectivity index (χ3v) is 17.2. The van der Waals surface area contributed by atoms with Gasteiger partial charge < -0.3 is 33.3 Å². The van der Waals surface area contributed by atoms with Crippen LogP contribution in [0.5, 0.6) is 0 Å². The topological polar surface area (TPSA) is 111 Å². The number of carboxylic acids is 1. The molecule has 95 heavy (non-hydrogen) atoms. The third-order valence-electron chi connectivity index (χ3n) is 17.2. The number of likely N-dealkylation sites (N-methyl/N-ethyl adjacent to an activating group) is 1. The number of allylic oxidation sites excluding steroid dienone is 20. The summed E-state index contributed by atoms with van der Waals surface area (Å²) in [6.45, 7) is 4.56. The molecular weight excluding hydrogens is 1170 g/mol. The minimum absolute atomic E-state index is 0.146. The first kappa shape index (κ1) is 90.7. The summed E-state index contributed by atoms with van der Waals surface area (Å²) in [5.41, 5.74) is 0. The number of ether oxygens (including phenoxy) is 4. The number of hydrogen-bond donors (Lipinski definition) is 0. The molecule has 0 N–H and O–H groups in total. The van der Waals surface area contributed by atoms with Crippen LogP contribution in [0.25, 0.3) is 0 Å². The third kappa shape index (κ3) is 76.9. The number of aliphatic carboxylic acids is 1. The predicted octanol–water partition coefficient (Wildman–Crippen LogP) is 24.1. The molecule has 0 saturated heterocycles. The number of esters is 2. The van der Waals surface area contributed by atoms with Crippen molar-refractivity contribution in [3.63, 3.8) is 0 Å². The van der Waals surface area contributed by atoms with E-state index in [0.717, 1.165) is 96.3 Å². The number of hydrogen-bond acceptors (Lipinski definition) is 8. The van der Waals surface area contributed by atoms with Gasteiger partial charge in [-0.05, 0) is 103 Å². The zero-order valence-corrected chi connectivity index (χ0v) is 62.5. The average molecular weight is 1330 g/mol. The van der Waals surface area contributed by atoms with Crippen molar-refractivity contribution in [2.75, 3.05) is 47.5 Å². The summed E-state index contributed by atoms with van der Waals surface area (Å²) in [6, 6.07) is 0. The van der Waals surface area contributed by atoms with Crippen LogP contribution in [0.4, 0.5) is 0 Å². The van der Waals surface area contributed by atoms with E-state index in [1.807, 2.05) is 21.1 Å². The molecule has 0 aliphatic rings. The molecule has 0 aliphatic heterocycles. The van der Waals surface area contributed by atoms with Crippen LogP contribution < -0.4 is 5.11 Å². The van der Waals surface area contributed by atoms with E-state index < -0.39 is 24.3 Å². The first-order chi connectivity index (χ1) is 46.6. The van der Waals surface area contributed by atoms with Crippen molar-refractivity contribution in [1.82, 2.24) is 0 Å². The van der Waals surface area contributed by atoms with Gasteiger partial charge in [0.05, 0.1) is 40.3 Å². The van der Waals surface area contributed by atoms with Crippen LogP contribution in [-0.2, 0) is 33.3 Å². The summed E-state index contributed by atoms with van der Waals surface area (Å²) in [6.07, 6.45) is 105. The molecule has 0 saturated carbocycles. The summed E-state index contributed by atoms with van der Waals surface area (Å²) in [7, 11) is 5.94. The van der Waals surface area contributed by atoms with Crippen LogP contribution >= 0.6 is 0 Å². The van der Waals surface area contributed by atoms with Crippen molar-refractivity contribution < 1.29 is 42.9 Å². The van der Waals surface area contributed by atoms with Gasteiger partial charge in [-0.15, -0.1) is 0 Å². The van der Waals surface area contributed by atoms with E-state index in [1.165, 1.54) is 218 Å². The number of unbranched alkanes of at least 4 members (excludes halogenated alkanes) is 38. The molecule has 0 spiro atoms. The Morgan fingerprint density at radius 3 is 0.842 bits per heavy atom. The Labute approximate surface area is 587 Å². The van der Waals surface area contributed by atoms with Gasteiger partial charge in [0.15, 0.2) is 12.4 Å². The lowest BCUT2D eigenvalue weighted by molar-refractivity contribution is -0.870. The molecule has 2 unspecified atom stereocenters. The first-order valence-electron chi connectivity index (χ1n) is 39.7. The Kier molecular flexibility index (Phi) is 72.0. The summed E-state index contributed by atoms with van der Waals surface area (Å²) in [5.74, 6) is -2.27. The lowest BCUT2D eigenvalue weighted by Gasteiger charge is -2.26. The average Bonchev–Trinajstić information content (AvgIpc) is 2.92. The van der Waals surface area contributed by atoms with Gasteiger partial charge in [0.2, 0.25) is 0 Å². The van der Waals surface area contributed by atoms with Crippen LogP contribution in [0, 0.1) is 0 Å². The Morgan fingerprint density at radius 2 is 0.568 bits per heavy atom. The van der Waals surface area contributed by atoms with Crippen molar-refractivity contribution in [2.24, 2.45) is 0 Å². The fourth-order valence-electron chi connectivity index (χ4n) is 11.2. The highest BCUT2D eigenvalue weighted by atomic mass is 16.7. The van der Waals surface area contributed by atoms with Crippen LogP contribution in [0.1, 0.15) is 348 Å². The van der Waals surface area contributed by atoms with Crippen LogP contribution in [0.3, 0.4) is 0 Å². The highest BCUT2D eigenvalue weighted by Crippen LogP contribution is 2.19. The normalized spacial score (nSPS) is 13.3. The summed E-state index contributed by atoms with van der Waals surface area (Å²) in [5, 5.41) is 11.9. The van der Waals surface area contributed by atoms with Gasteiger partial charge in [-0.25, -0.2) is 0 Å². The lowest BCUT2D eigenvalue weighted by Crippen LogP contribution is -2.44. The highest BCUT2D eigenvalue weighted by molar-refractivity contribution is 5.70. The van der Waals surface area contributed by atoms with E-state index in [2.05, 4.69) is 135 Å². The number of nitrogens with zero attached hydrogens (tertiary/aromatic N) is 1. The largest absolute Gasteiger partial charge is 0.545 e. The molecule has 0 aliphatic carbocycles. The number of carbonyl (C=O) groups is 3. The van der Waals surface area contributed by atoms with E-state index in [0.29, 0.717) is 17.4 Å². The Bertz CT molecular complexity index is 1980. The molecule has 0 aromatic rings. The maximum atomic E-state index is 13.0. The second-order valence-corrected chi connectivity index (χ2v) is 27.6. The van der Waals surface area contributed by atoms with Gasteiger partial charge in [0, 0.05) is 12.8 Å². The van der Waals surface area contributed by atoms with E-state index in [4.69, 9.17) is 18.9 Å². The first-order valence-corrected chi connectivity index (χ1v) is 39.7. The molecule has 0 rings (SSSR count). The molecule has 0 aromatic carbocycles. The number of carbonyl (C=O) groups excluding carboxylic acids is 3. The van der Waals surface area contributed by atoms with Crippen LogP contribution in [0.2, 0.25) is 0 Å². The van der Waals surface area contributed by atoms with Gasteiger partial charge in [-0.3, -0.25) is 9.59 Å². The predicted molar refractivity (Wildman–Crippen MR) is 407 cm³/mol. The minimum atomic E-state index is -1.63. The van der Waals surface area contributed by atoms with E-state index in [1.54, 1.807) is 0 Å². The molecule has 0 aromatic heterocycles. The van der Waals surface area contributed by atoms with E-state index in [9.17, 15) is 19.5 Å². The lowest BCUT2D eigenvalue weighted by atomic mass is 10.0. The highest BCUT2D eigenvalue weighted by Gasteiger charge is 2.22. The van der Waals surface area contributed by atoms with Gasteiger partial charge in [-0.2, -0.15) is 0 Å². The van der Waals surface area contributed by atoms with Gasteiger partial charge >= 0.3 is 11.9 Å².